The van der Waals surface area contributed by atoms with Gasteiger partial charge in [-0.25, -0.2) is 13.5 Å². The summed E-state index contributed by atoms with van der Waals surface area (Å²) in [5.41, 5.74) is 13.5. The highest BCUT2D eigenvalue weighted by molar-refractivity contribution is 6.05. The van der Waals surface area contributed by atoms with Gasteiger partial charge in [-0.05, 0) is 54.6 Å². The zero-order chi connectivity index (χ0) is 26.6. The molecule has 0 bridgehead atoms. The van der Waals surface area contributed by atoms with Crippen molar-refractivity contribution in [2.75, 3.05) is 17.7 Å². The molecule has 11 heteroatoms. The molecule has 0 unspecified atom stereocenters. The molecule has 0 atom stereocenters. The van der Waals surface area contributed by atoms with Gasteiger partial charge in [0.1, 0.15) is 11.3 Å². The van der Waals surface area contributed by atoms with Crippen LogP contribution in [-0.2, 0) is 0 Å². The van der Waals surface area contributed by atoms with E-state index in [0.29, 0.717) is 22.3 Å². The number of hydrogen-bond donors (Lipinski definition) is 2. The van der Waals surface area contributed by atoms with E-state index < -0.39 is 17.5 Å². The lowest BCUT2D eigenvalue weighted by Crippen LogP contribution is -2.12. The van der Waals surface area contributed by atoms with E-state index >= 15 is 8.78 Å². The summed E-state index contributed by atoms with van der Waals surface area (Å²) in [4.78, 5) is 17.9. The van der Waals surface area contributed by atoms with E-state index in [4.69, 9.17) is 16.0 Å². The molecule has 0 spiro atoms. The Morgan fingerprint density at radius 3 is 2.45 bits per heavy atom. The molecule has 0 radical (unpaired) electrons. The summed E-state index contributed by atoms with van der Waals surface area (Å²) in [5, 5.41) is 8.67. The van der Waals surface area contributed by atoms with Crippen LogP contribution >= 0.6 is 0 Å². The van der Waals surface area contributed by atoms with Crippen LogP contribution in [0.1, 0.15) is 10.5 Å². The van der Waals surface area contributed by atoms with Gasteiger partial charge in [0, 0.05) is 47.3 Å². The number of carbonyl (C=O) groups is 1. The van der Waals surface area contributed by atoms with Crippen molar-refractivity contribution in [1.82, 2.24) is 19.9 Å². The second-order valence-corrected chi connectivity index (χ2v) is 8.62. The van der Waals surface area contributed by atoms with E-state index in [-0.39, 0.29) is 33.5 Å². The van der Waals surface area contributed by atoms with E-state index in [1.54, 1.807) is 60.7 Å². The molecular formula is C27H19F2N7O2. The molecule has 6 aromatic rings. The van der Waals surface area contributed by atoms with Crippen molar-refractivity contribution < 1.29 is 18.1 Å². The number of fused-ring (bicyclic) bond motifs is 2. The molecule has 3 aromatic carbocycles. The fraction of sp³-hybridized carbons (Fsp3) is 0.0370. The highest BCUT2D eigenvalue weighted by atomic mass is 19.1. The third kappa shape index (κ3) is 3.60. The SMILES string of the molecule is CN(c1ccncc1)c1ccc(-c2ccc3c(C(N)=O)nn(-c4ccc5onc(N)c5c4)c3c2F)c(F)c1. The highest BCUT2D eigenvalue weighted by Gasteiger charge is 2.23. The second kappa shape index (κ2) is 8.66. The molecule has 188 valence electrons. The van der Waals surface area contributed by atoms with Crippen LogP contribution in [0.3, 0.4) is 0 Å². The lowest BCUT2D eigenvalue weighted by molar-refractivity contribution is 0.0996. The third-order valence-electron chi connectivity index (χ3n) is 6.42. The molecular weight excluding hydrogens is 492 g/mol. The van der Waals surface area contributed by atoms with Crippen LogP contribution in [0.2, 0.25) is 0 Å². The standard InChI is InChI=1S/C27H19F2N7O2/c1-35(14-8-10-32-11-9-14)15-2-4-17(21(28)13-15)18-5-6-19-24(27(31)37)33-36(25(19)23(18)29)16-3-7-22-20(12-16)26(30)34-38-22/h2-13H,1H3,(H2,30,34)(H2,31,37). The third-order valence-corrected chi connectivity index (χ3v) is 6.42. The van der Waals surface area contributed by atoms with Crippen LogP contribution in [0, 0.1) is 11.6 Å². The maximum atomic E-state index is 16.2. The number of rotatable bonds is 5. The van der Waals surface area contributed by atoms with Gasteiger partial charge in [-0.15, -0.1) is 0 Å². The first kappa shape index (κ1) is 23.1. The fourth-order valence-corrected chi connectivity index (χ4v) is 4.47. The Balaban J connectivity index is 1.51. The van der Waals surface area contributed by atoms with Crippen molar-refractivity contribution in [3.63, 3.8) is 0 Å². The van der Waals surface area contributed by atoms with E-state index in [0.717, 1.165) is 5.69 Å². The maximum Gasteiger partial charge on any atom is 0.269 e. The van der Waals surface area contributed by atoms with Crippen molar-refractivity contribution in [1.29, 1.82) is 0 Å². The lowest BCUT2D eigenvalue weighted by Gasteiger charge is -2.20. The summed E-state index contributed by atoms with van der Waals surface area (Å²) in [7, 11) is 1.79. The molecule has 38 heavy (non-hydrogen) atoms. The molecule has 0 aliphatic rings. The zero-order valence-electron chi connectivity index (χ0n) is 19.9. The van der Waals surface area contributed by atoms with Crippen LogP contribution in [-0.4, -0.2) is 32.9 Å². The number of pyridine rings is 1. The Bertz CT molecular complexity index is 1860. The number of primary amides is 1. The monoisotopic (exact) mass is 511 g/mol. The Hall–Kier alpha value is -5.32. The van der Waals surface area contributed by atoms with Crippen LogP contribution in [0.4, 0.5) is 26.0 Å². The van der Waals surface area contributed by atoms with Crippen molar-refractivity contribution in [3.8, 4) is 16.8 Å². The normalized spacial score (nSPS) is 11.3. The Morgan fingerprint density at radius 2 is 1.71 bits per heavy atom. The molecule has 0 fully saturated rings. The minimum absolute atomic E-state index is 0.00384. The smallest absolute Gasteiger partial charge is 0.269 e. The minimum atomic E-state index is -0.832. The average Bonchev–Trinajstić information content (AvgIpc) is 3.50. The molecule has 9 nitrogen and oxygen atoms in total. The summed E-state index contributed by atoms with van der Waals surface area (Å²) in [6.07, 6.45) is 3.28. The van der Waals surface area contributed by atoms with Gasteiger partial charge in [-0.1, -0.05) is 11.2 Å². The van der Waals surface area contributed by atoms with Gasteiger partial charge in [0.05, 0.1) is 11.1 Å². The Kier molecular flexibility index (Phi) is 5.26. The van der Waals surface area contributed by atoms with Crippen LogP contribution < -0.4 is 16.4 Å². The number of halogens is 2. The number of aromatic nitrogens is 4. The van der Waals surface area contributed by atoms with E-state index in [9.17, 15) is 4.79 Å². The highest BCUT2D eigenvalue weighted by Crippen LogP contribution is 2.36. The van der Waals surface area contributed by atoms with Gasteiger partial charge < -0.3 is 20.9 Å². The van der Waals surface area contributed by atoms with E-state index in [1.165, 1.54) is 28.9 Å². The van der Waals surface area contributed by atoms with Crippen LogP contribution in [0.15, 0.2) is 77.6 Å². The van der Waals surface area contributed by atoms with Gasteiger partial charge in [-0.3, -0.25) is 9.78 Å². The summed E-state index contributed by atoms with van der Waals surface area (Å²) >= 11 is 0. The zero-order valence-corrected chi connectivity index (χ0v) is 19.9. The van der Waals surface area contributed by atoms with E-state index in [2.05, 4.69) is 15.2 Å². The largest absolute Gasteiger partial charge is 0.380 e. The first-order chi connectivity index (χ1) is 18.3. The van der Waals surface area contributed by atoms with Gasteiger partial charge >= 0.3 is 0 Å². The van der Waals surface area contributed by atoms with Crippen LogP contribution in [0.25, 0.3) is 38.7 Å². The molecule has 6 rings (SSSR count). The lowest BCUT2D eigenvalue weighted by atomic mass is 10.0. The number of amides is 1. The number of benzene rings is 3. The molecule has 3 heterocycles. The van der Waals surface area contributed by atoms with Gasteiger partial charge in [0.2, 0.25) is 0 Å². The van der Waals surface area contributed by atoms with Gasteiger partial charge in [-0.2, -0.15) is 5.10 Å². The Morgan fingerprint density at radius 1 is 0.947 bits per heavy atom. The predicted octanol–water partition coefficient (Wildman–Crippen LogP) is 4.96. The number of nitrogens with zero attached hydrogens (tertiary/aromatic N) is 5. The summed E-state index contributed by atoms with van der Waals surface area (Å²) in [6.45, 7) is 0. The van der Waals surface area contributed by atoms with Crippen LogP contribution in [0.5, 0.6) is 0 Å². The summed E-state index contributed by atoms with van der Waals surface area (Å²) < 4.78 is 37.9. The first-order valence-electron chi connectivity index (χ1n) is 11.4. The quantitative estimate of drug-likeness (QED) is 0.335. The van der Waals surface area contributed by atoms with E-state index in [1.807, 2.05) is 0 Å². The number of hydrogen-bond acceptors (Lipinski definition) is 7. The molecule has 0 aliphatic heterocycles. The molecule has 3 aromatic heterocycles. The number of nitrogen functional groups attached to an aromatic ring is 1. The molecule has 4 N–H and O–H groups in total. The molecule has 0 saturated heterocycles. The number of anilines is 3. The second-order valence-electron chi connectivity index (χ2n) is 8.62. The summed E-state index contributed by atoms with van der Waals surface area (Å²) in [6, 6.07) is 15.8. The molecule has 1 amide bonds. The Labute approximate surface area is 213 Å². The number of nitrogens with two attached hydrogens (primary N) is 2. The van der Waals surface area contributed by atoms with Crippen molar-refractivity contribution >= 4 is 45.0 Å². The molecule has 0 aliphatic carbocycles. The predicted molar refractivity (Wildman–Crippen MR) is 139 cm³/mol. The van der Waals surface area contributed by atoms with Gasteiger partial charge in [0.25, 0.3) is 5.91 Å². The fourth-order valence-electron chi connectivity index (χ4n) is 4.47. The summed E-state index contributed by atoms with van der Waals surface area (Å²) in [5.74, 6) is -2.08. The van der Waals surface area contributed by atoms with Crippen molar-refractivity contribution in [2.45, 2.75) is 0 Å². The average molecular weight is 511 g/mol. The van der Waals surface area contributed by atoms with Crippen molar-refractivity contribution in [2.24, 2.45) is 5.73 Å². The van der Waals surface area contributed by atoms with Gasteiger partial charge in [0.15, 0.2) is 22.9 Å². The minimum Gasteiger partial charge on any atom is -0.380 e. The topological polar surface area (TPSA) is 129 Å². The maximum absolute atomic E-state index is 16.2. The first-order valence-corrected chi connectivity index (χ1v) is 11.4. The van der Waals surface area contributed by atoms with Crippen molar-refractivity contribution in [3.05, 3.63) is 90.4 Å². The molecule has 0 saturated carbocycles. The number of carbonyl (C=O) groups excluding carboxylic acids is 1.